The predicted molar refractivity (Wildman–Crippen MR) is 92.6 cm³/mol. The zero-order valence-corrected chi connectivity index (χ0v) is 14.8. The first-order valence-electron chi connectivity index (χ1n) is 7.12. The van der Waals surface area contributed by atoms with E-state index in [-0.39, 0.29) is 0 Å². The fourth-order valence-corrected chi connectivity index (χ4v) is 3.21. The molecule has 0 amide bonds. The minimum atomic E-state index is 0.347. The molecule has 3 rings (SSSR count). The Morgan fingerprint density at radius 2 is 1.81 bits per heavy atom. The van der Waals surface area contributed by atoms with Crippen LogP contribution in [0.25, 0.3) is 0 Å². The average Bonchev–Trinajstić information content (AvgIpc) is 2.68. The number of fused-ring (bicyclic) bond motifs is 1. The van der Waals surface area contributed by atoms with Gasteiger partial charge < -0.3 is 10.1 Å². The second kappa shape index (κ2) is 6.95. The SMILES string of the molecule is Brc1ccc(CNC2CCCOc3cc(Br)ccc32)cc1. The maximum Gasteiger partial charge on any atom is 0.125 e. The zero-order valence-electron chi connectivity index (χ0n) is 11.6. The van der Waals surface area contributed by atoms with Crippen molar-refractivity contribution in [2.45, 2.75) is 25.4 Å². The van der Waals surface area contributed by atoms with Gasteiger partial charge in [-0.25, -0.2) is 0 Å². The van der Waals surface area contributed by atoms with E-state index in [1.807, 2.05) is 0 Å². The largest absolute Gasteiger partial charge is 0.493 e. The van der Waals surface area contributed by atoms with Crippen LogP contribution in [-0.2, 0) is 6.54 Å². The second-order valence-corrected chi connectivity index (χ2v) is 7.06. The lowest BCUT2D eigenvalue weighted by molar-refractivity contribution is 0.315. The van der Waals surface area contributed by atoms with Crippen molar-refractivity contribution in [2.24, 2.45) is 0 Å². The number of rotatable bonds is 3. The highest BCUT2D eigenvalue weighted by Gasteiger charge is 2.19. The summed E-state index contributed by atoms with van der Waals surface area (Å²) in [4.78, 5) is 0. The Hall–Kier alpha value is -0.840. The fourth-order valence-electron chi connectivity index (χ4n) is 2.60. The first kappa shape index (κ1) is 15.1. The molecule has 0 bridgehead atoms. The molecule has 1 atom stereocenters. The topological polar surface area (TPSA) is 21.3 Å². The highest BCUT2D eigenvalue weighted by atomic mass is 79.9. The smallest absolute Gasteiger partial charge is 0.125 e. The third kappa shape index (κ3) is 3.87. The summed E-state index contributed by atoms with van der Waals surface area (Å²) in [5, 5.41) is 3.66. The highest BCUT2D eigenvalue weighted by molar-refractivity contribution is 9.10. The second-order valence-electron chi connectivity index (χ2n) is 5.23. The Morgan fingerprint density at radius 3 is 2.62 bits per heavy atom. The first-order chi connectivity index (χ1) is 10.2. The number of benzene rings is 2. The predicted octanol–water partition coefficient (Wildman–Crippen LogP) is 5.22. The lowest BCUT2D eigenvalue weighted by Gasteiger charge is -2.18. The van der Waals surface area contributed by atoms with Crippen molar-refractivity contribution in [1.29, 1.82) is 0 Å². The molecule has 2 aromatic rings. The minimum absolute atomic E-state index is 0.347. The van der Waals surface area contributed by atoms with Crippen molar-refractivity contribution in [3.8, 4) is 5.75 Å². The number of hydrogen-bond donors (Lipinski definition) is 1. The lowest BCUT2D eigenvalue weighted by atomic mass is 10.0. The third-order valence-electron chi connectivity index (χ3n) is 3.71. The molecule has 0 aliphatic carbocycles. The standard InChI is InChI=1S/C17H17Br2NO/c18-13-5-3-12(4-6-13)11-20-16-2-1-9-21-17-10-14(19)7-8-15(16)17/h3-8,10,16,20H,1-2,9,11H2. The molecule has 2 aromatic carbocycles. The fraction of sp³-hybridized carbons (Fsp3) is 0.294. The summed E-state index contributed by atoms with van der Waals surface area (Å²) in [6.45, 7) is 1.66. The number of ether oxygens (including phenoxy) is 1. The van der Waals surface area contributed by atoms with Gasteiger partial charge in [-0.05, 0) is 42.7 Å². The van der Waals surface area contributed by atoms with Gasteiger partial charge in [-0.2, -0.15) is 0 Å². The Morgan fingerprint density at radius 1 is 1.05 bits per heavy atom. The van der Waals surface area contributed by atoms with Crippen molar-refractivity contribution < 1.29 is 4.74 Å². The molecular formula is C17H17Br2NO. The van der Waals surface area contributed by atoms with E-state index in [1.54, 1.807) is 0 Å². The van der Waals surface area contributed by atoms with Gasteiger partial charge in [-0.3, -0.25) is 0 Å². The van der Waals surface area contributed by atoms with Crippen molar-refractivity contribution >= 4 is 31.9 Å². The quantitative estimate of drug-likeness (QED) is 0.749. The number of hydrogen-bond acceptors (Lipinski definition) is 2. The van der Waals surface area contributed by atoms with E-state index in [9.17, 15) is 0 Å². The summed E-state index contributed by atoms with van der Waals surface area (Å²) >= 11 is 6.98. The van der Waals surface area contributed by atoms with Crippen LogP contribution in [0, 0.1) is 0 Å². The molecule has 0 aromatic heterocycles. The van der Waals surface area contributed by atoms with Gasteiger partial charge in [-0.15, -0.1) is 0 Å². The molecule has 4 heteroatoms. The molecule has 1 N–H and O–H groups in total. The van der Waals surface area contributed by atoms with Crippen LogP contribution in [0.4, 0.5) is 0 Å². The van der Waals surface area contributed by atoms with Gasteiger partial charge in [0.2, 0.25) is 0 Å². The summed E-state index contributed by atoms with van der Waals surface area (Å²) in [5.41, 5.74) is 2.55. The maximum absolute atomic E-state index is 5.85. The molecule has 0 saturated heterocycles. The first-order valence-corrected chi connectivity index (χ1v) is 8.71. The minimum Gasteiger partial charge on any atom is -0.493 e. The molecule has 0 radical (unpaired) electrons. The molecule has 0 saturated carbocycles. The Balaban J connectivity index is 1.74. The van der Waals surface area contributed by atoms with Gasteiger partial charge in [0.25, 0.3) is 0 Å². The zero-order chi connectivity index (χ0) is 14.7. The van der Waals surface area contributed by atoms with Crippen molar-refractivity contribution in [1.82, 2.24) is 5.32 Å². The van der Waals surface area contributed by atoms with Crippen molar-refractivity contribution in [3.63, 3.8) is 0 Å². The van der Waals surface area contributed by atoms with Crippen LogP contribution in [0.15, 0.2) is 51.4 Å². The van der Waals surface area contributed by atoms with E-state index in [2.05, 4.69) is 79.6 Å². The summed E-state index contributed by atoms with van der Waals surface area (Å²) in [7, 11) is 0. The van der Waals surface area contributed by atoms with Crippen LogP contribution in [0.1, 0.15) is 30.0 Å². The summed E-state index contributed by atoms with van der Waals surface area (Å²) in [6.07, 6.45) is 2.18. The Kier molecular flexibility index (Phi) is 4.99. The molecule has 1 unspecified atom stereocenters. The van der Waals surface area contributed by atoms with Crippen LogP contribution < -0.4 is 10.1 Å². The molecule has 110 valence electrons. The van der Waals surface area contributed by atoms with E-state index in [0.29, 0.717) is 6.04 Å². The molecule has 2 nitrogen and oxygen atoms in total. The monoisotopic (exact) mass is 409 g/mol. The highest BCUT2D eigenvalue weighted by Crippen LogP contribution is 2.33. The Bertz CT molecular complexity index is 613. The molecular weight excluding hydrogens is 394 g/mol. The van der Waals surface area contributed by atoms with Gasteiger partial charge in [0, 0.05) is 27.1 Å². The average molecular weight is 411 g/mol. The van der Waals surface area contributed by atoms with Crippen LogP contribution in [-0.4, -0.2) is 6.61 Å². The Labute approximate surface area is 142 Å². The van der Waals surface area contributed by atoms with Gasteiger partial charge in [0.1, 0.15) is 5.75 Å². The van der Waals surface area contributed by atoms with Crippen molar-refractivity contribution in [3.05, 3.63) is 62.5 Å². The third-order valence-corrected chi connectivity index (χ3v) is 4.73. The maximum atomic E-state index is 5.85. The molecule has 1 heterocycles. The van der Waals surface area contributed by atoms with E-state index in [4.69, 9.17) is 4.74 Å². The van der Waals surface area contributed by atoms with Gasteiger partial charge in [0.15, 0.2) is 0 Å². The number of nitrogens with one attached hydrogen (secondary N) is 1. The van der Waals surface area contributed by atoms with Crippen LogP contribution in [0.5, 0.6) is 5.75 Å². The van der Waals surface area contributed by atoms with E-state index >= 15 is 0 Å². The van der Waals surface area contributed by atoms with Gasteiger partial charge in [0.05, 0.1) is 6.61 Å². The van der Waals surface area contributed by atoms with Crippen LogP contribution in [0.2, 0.25) is 0 Å². The summed E-state index contributed by atoms with van der Waals surface area (Å²) in [6, 6.07) is 15.1. The van der Waals surface area contributed by atoms with E-state index < -0.39 is 0 Å². The van der Waals surface area contributed by atoms with Crippen LogP contribution >= 0.6 is 31.9 Å². The molecule has 21 heavy (non-hydrogen) atoms. The lowest BCUT2D eigenvalue weighted by Crippen LogP contribution is -2.20. The van der Waals surface area contributed by atoms with Gasteiger partial charge in [-0.1, -0.05) is 50.1 Å². The molecule has 1 aliphatic heterocycles. The normalized spacial score (nSPS) is 17.7. The molecule has 1 aliphatic rings. The molecule has 0 spiro atoms. The summed E-state index contributed by atoms with van der Waals surface area (Å²) in [5.74, 6) is 0.996. The summed E-state index contributed by atoms with van der Waals surface area (Å²) < 4.78 is 8.03. The van der Waals surface area contributed by atoms with E-state index in [0.717, 1.165) is 40.7 Å². The van der Waals surface area contributed by atoms with Crippen molar-refractivity contribution in [2.75, 3.05) is 6.61 Å². The van der Waals surface area contributed by atoms with Crippen LogP contribution in [0.3, 0.4) is 0 Å². The van der Waals surface area contributed by atoms with Gasteiger partial charge >= 0.3 is 0 Å². The number of halogens is 2. The molecule has 0 fully saturated rings. The van der Waals surface area contributed by atoms with E-state index in [1.165, 1.54) is 11.1 Å².